The highest BCUT2D eigenvalue weighted by Gasteiger charge is 2.30. The molecule has 0 amide bonds. The Balaban J connectivity index is 1.79. The Hall–Kier alpha value is -1.99. The van der Waals surface area contributed by atoms with Gasteiger partial charge in [-0.05, 0) is 30.5 Å². The van der Waals surface area contributed by atoms with Gasteiger partial charge in [0.05, 0.1) is 16.7 Å². The number of ether oxygens (including phenoxy) is 1. The topological polar surface area (TPSA) is 55.4 Å². The molecule has 1 N–H and O–H groups in total. The van der Waals surface area contributed by atoms with Crippen LogP contribution in [0.3, 0.4) is 0 Å². The summed E-state index contributed by atoms with van der Waals surface area (Å²) in [4.78, 5) is -0.368. The molecule has 2 atom stereocenters. The van der Waals surface area contributed by atoms with Crippen LogP contribution in [0.1, 0.15) is 24.5 Å². The van der Waals surface area contributed by atoms with Crippen LogP contribution in [0.4, 0.5) is 14.5 Å². The highest BCUT2D eigenvalue weighted by Crippen LogP contribution is 2.32. The molecule has 0 saturated carbocycles. The minimum atomic E-state index is -4.65. The van der Waals surface area contributed by atoms with Crippen LogP contribution in [0.5, 0.6) is 0 Å². The summed E-state index contributed by atoms with van der Waals surface area (Å²) < 4.78 is 55.3. The molecule has 0 spiro atoms. The van der Waals surface area contributed by atoms with E-state index in [-0.39, 0.29) is 22.7 Å². The minimum Gasteiger partial charge on any atom is -0.381 e. The maximum Gasteiger partial charge on any atom is 0.341 e. The van der Waals surface area contributed by atoms with E-state index in [1.165, 1.54) is 18.2 Å². The molecule has 134 valence electrons. The van der Waals surface area contributed by atoms with Crippen molar-refractivity contribution in [2.45, 2.75) is 35.6 Å². The van der Waals surface area contributed by atoms with Crippen molar-refractivity contribution >= 4 is 15.5 Å². The highest BCUT2D eigenvalue weighted by atomic mass is 32.2. The Labute approximate surface area is 145 Å². The maximum absolute atomic E-state index is 12.9. The van der Waals surface area contributed by atoms with Crippen LogP contribution >= 0.6 is 0 Å². The first-order valence-corrected chi connectivity index (χ1v) is 9.57. The third-order valence-corrected chi connectivity index (χ3v) is 5.68. The smallest absolute Gasteiger partial charge is 0.341 e. The van der Waals surface area contributed by atoms with Crippen LogP contribution in [0.25, 0.3) is 0 Å². The van der Waals surface area contributed by atoms with Crippen LogP contribution in [-0.4, -0.2) is 26.8 Å². The van der Waals surface area contributed by atoms with Crippen LogP contribution < -0.4 is 5.32 Å². The van der Waals surface area contributed by atoms with E-state index in [0.29, 0.717) is 19.4 Å². The quantitative estimate of drug-likeness (QED) is 0.867. The lowest BCUT2D eigenvalue weighted by Gasteiger charge is -2.31. The standard InChI is InChI=1S/C18H19F2NO3S/c19-18(20)25(22,23)17-9-5-4-8-15(17)21-14-10-11-24-16(12-14)13-6-2-1-3-7-13/h1-9,14,16,18,21H,10-12H2. The Morgan fingerprint density at radius 2 is 1.72 bits per heavy atom. The van der Waals surface area contributed by atoms with Crippen LogP contribution in [0.15, 0.2) is 59.5 Å². The average molecular weight is 367 g/mol. The van der Waals surface area contributed by atoms with Gasteiger partial charge in [-0.15, -0.1) is 0 Å². The van der Waals surface area contributed by atoms with Crippen molar-refractivity contribution in [1.29, 1.82) is 0 Å². The fourth-order valence-electron chi connectivity index (χ4n) is 2.98. The van der Waals surface area contributed by atoms with E-state index < -0.39 is 15.6 Å². The molecule has 0 bridgehead atoms. The summed E-state index contributed by atoms with van der Waals surface area (Å²) in [6, 6.07) is 15.5. The molecule has 2 aromatic carbocycles. The number of halogens is 2. The van der Waals surface area contributed by atoms with Gasteiger partial charge in [0, 0.05) is 12.6 Å². The molecule has 2 aromatic rings. The first kappa shape index (κ1) is 17.8. The molecule has 0 aliphatic carbocycles. The fourth-order valence-corrected chi connectivity index (χ4v) is 3.87. The van der Waals surface area contributed by atoms with Crippen molar-refractivity contribution in [2.24, 2.45) is 0 Å². The summed E-state index contributed by atoms with van der Waals surface area (Å²) in [5.74, 6) is -3.44. The van der Waals surface area contributed by atoms with Gasteiger partial charge < -0.3 is 10.1 Å². The van der Waals surface area contributed by atoms with Crippen molar-refractivity contribution in [3.8, 4) is 0 Å². The van der Waals surface area contributed by atoms with Crippen molar-refractivity contribution in [2.75, 3.05) is 11.9 Å². The summed E-state index contributed by atoms with van der Waals surface area (Å²) in [6.45, 7) is 0.515. The average Bonchev–Trinajstić information content (AvgIpc) is 2.63. The van der Waals surface area contributed by atoms with Crippen molar-refractivity contribution < 1.29 is 21.9 Å². The van der Waals surface area contributed by atoms with Crippen molar-refractivity contribution in [1.82, 2.24) is 0 Å². The zero-order valence-corrected chi connectivity index (χ0v) is 14.3. The van der Waals surface area contributed by atoms with E-state index in [1.807, 2.05) is 30.3 Å². The van der Waals surface area contributed by atoms with Gasteiger partial charge in [0.15, 0.2) is 0 Å². The molecule has 1 aliphatic rings. The molecule has 4 nitrogen and oxygen atoms in total. The number of nitrogens with one attached hydrogen (secondary N) is 1. The van der Waals surface area contributed by atoms with Crippen LogP contribution in [0, 0.1) is 0 Å². The largest absolute Gasteiger partial charge is 0.381 e. The molecule has 1 aliphatic heterocycles. The number of hydrogen-bond donors (Lipinski definition) is 1. The Kier molecular flexibility index (Phi) is 5.34. The Morgan fingerprint density at radius 1 is 1.04 bits per heavy atom. The SMILES string of the molecule is O=S(=O)(c1ccccc1NC1CCOC(c2ccccc2)C1)C(F)F. The van der Waals surface area contributed by atoms with E-state index in [9.17, 15) is 17.2 Å². The second kappa shape index (κ2) is 7.49. The number of para-hydroxylation sites is 1. The monoisotopic (exact) mass is 367 g/mol. The molecule has 1 saturated heterocycles. The van der Waals surface area contributed by atoms with E-state index in [1.54, 1.807) is 6.07 Å². The van der Waals surface area contributed by atoms with Gasteiger partial charge >= 0.3 is 5.76 Å². The predicted octanol–water partition coefficient (Wildman–Crippen LogP) is 4.02. The molecule has 25 heavy (non-hydrogen) atoms. The molecule has 1 fully saturated rings. The van der Waals surface area contributed by atoms with Crippen LogP contribution in [-0.2, 0) is 14.6 Å². The summed E-state index contributed by atoms with van der Waals surface area (Å²) in [5, 5.41) is 3.12. The molecular formula is C18H19F2NO3S. The number of anilines is 1. The molecule has 1 heterocycles. The summed E-state index contributed by atoms with van der Waals surface area (Å²) in [7, 11) is -4.65. The van der Waals surface area contributed by atoms with Crippen LogP contribution in [0.2, 0.25) is 0 Å². The van der Waals surface area contributed by atoms with Crippen molar-refractivity contribution in [3.63, 3.8) is 0 Å². The van der Waals surface area contributed by atoms with Gasteiger partial charge in [-0.25, -0.2) is 8.42 Å². The van der Waals surface area contributed by atoms with E-state index in [4.69, 9.17) is 4.74 Å². The highest BCUT2D eigenvalue weighted by molar-refractivity contribution is 7.91. The van der Waals surface area contributed by atoms with Gasteiger partial charge in [-0.2, -0.15) is 8.78 Å². The minimum absolute atomic E-state index is 0.0621. The van der Waals surface area contributed by atoms with Gasteiger partial charge in [-0.1, -0.05) is 42.5 Å². The number of rotatable bonds is 5. The second-order valence-corrected chi connectivity index (χ2v) is 7.82. The van der Waals surface area contributed by atoms with E-state index in [2.05, 4.69) is 5.32 Å². The molecular weight excluding hydrogens is 348 g/mol. The second-order valence-electron chi connectivity index (χ2n) is 5.94. The lowest BCUT2D eigenvalue weighted by atomic mass is 9.97. The number of benzene rings is 2. The Morgan fingerprint density at radius 3 is 2.44 bits per heavy atom. The fraction of sp³-hybridized carbons (Fsp3) is 0.333. The number of alkyl halides is 2. The first-order chi connectivity index (χ1) is 12.0. The lowest BCUT2D eigenvalue weighted by molar-refractivity contribution is 0.00976. The summed E-state index contributed by atoms with van der Waals surface area (Å²) in [6.07, 6.45) is 1.20. The zero-order valence-electron chi connectivity index (χ0n) is 13.4. The zero-order chi connectivity index (χ0) is 17.9. The lowest BCUT2D eigenvalue weighted by Crippen LogP contribution is -2.30. The maximum atomic E-state index is 12.9. The van der Waals surface area contributed by atoms with E-state index >= 15 is 0 Å². The number of hydrogen-bond acceptors (Lipinski definition) is 4. The third-order valence-electron chi connectivity index (χ3n) is 4.24. The van der Waals surface area contributed by atoms with Gasteiger partial charge in [0.1, 0.15) is 0 Å². The normalized spacial score (nSPS) is 21.2. The first-order valence-electron chi connectivity index (χ1n) is 8.02. The molecule has 0 aromatic heterocycles. The summed E-state index contributed by atoms with van der Waals surface area (Å²) >= 11 is 0. The Bertz CT molecular complexity index is 812. The molecule has 2 unspecified atom stereocenters. The molecule has 0 radical (unpaired) electrons. The number of sulfone groups is 1. The van der Waals surface area contributed by atoms with Gasteiger partial charge in [0.2, 0.25) is 9.84 Å². The molecule has 3 rings (SSSR count). The van der Waals surface area contributed by atoms with Gasteiger partial charge in [-0.3, -0.25) is 0 Å². The molecule has 7 heteroatoms. The van der Waals surface area contributed by atoms with Gasteiger partial charge in [0.25, 0.3) is 0 Å². The summed E-state index contributed by atoms with van der Waals surface area (Å²) in [5.41, 5.74) is 1.25. The van der Waals surface area contributed by atoms with Crippen molar-refractivity contribution in [3.05, 3.63) is 60.2 Å². The van der Waals surface area contributed by atoms with E-state index in [0.717, 1.165) is 5.56 Å². The predicted molar refractivity (Wildman–Crippen MR) is 91.4 cm³/mol. The third kappa shape index (κ3) is 3.99.